The number of nitrogens with two attached hydrogens (primary N) is 1. The Hall–Kier alpha value is -3.53. The van der Waals surface area contributed by atoms with Gasteiger partial charge in [-0.05, 0) is 74.9 Å². The molecule has 2 amide bonds. The van der Waals surface area contributed by atoms with Gasteiger partial charge in [0.25, 0.3) is 11.8 Å². The second kappa shape index (κ2) is 8.99. The number of amides is 2. The number of benzene rings is 2. The Balaban J connectivity index is 1.50. The molecule has 212 valence electrons. The van der Waals surface area contributed by atoms with Crippen LogP contribution in [0.5, 0.6) is 5.75 Å². The molecule has 6 bridgehead atoms. The number of aliphatic hydroxyl groups is 1. The molecule has 0 radical (unpaired) electrons. The van der Waals surface area contributed by atoms with Gasteiger partial charge in [0.15, 0.2) is 5.96 Å². The molecule has 2 aromatic rings. The number of fused-ring (bicyclic) bond motifs is 4. The molecule has 0 spiro atoms. The number of aryl methyl sites for hydroxylation is 1. The van der Waals surface area contributed by atoms with Crippen molar-refractivity contribution in [3.63, 3.8) is 0 Å². The molecule has 0 saturated heterocycles. The monoisotopic (exact) mass is 552 g/mol. The SMILES string of the molecule is CCC12CCCc3ccc4c(c3)[C@@H](NC(=O)c3ccc5c(c3)[C@@H](CC5(F)F)N(C(=O)C1)C(N)=N2)[C@H](O)C(C)(C)O4. The van der Waals surface area contributed by atoms with Gasteiger partial charge in [0.1, 0.15) is 17.5 Å². The smallest absolute Gasteiger partial charge is 0.275 e. The maximum absolute atomic E-state index is 15.2. The quantitative estimate of drug-likeness (QED) is 0.489. The van der Waals surface area contributed by atoms with Crippen molar-refractivity contribution >= 4 is 17.8 Å². The van der Waals surface area contributed by atoms with Crippen molar-refractivity contribution in [2.24, 2.45) is 10.7 Å². The van der Waals surface area contributed by atoms with E-state index in [1.54, 1.807) is 13.8 Å². The fourth-order valence-electron chi connectivity index (χ4n) is 6.70. The molecule has 1 unspecified atom stereocenters. The van der Waals surface area contributed by atoms with Crippen LogP contribution in [0.1, 0.15) is 97.6 Å². The fourth-order valence-corrected chi connectivity index (χ4v) is 6.70. The highest BCUT2D eigenvalue weighted by Gasteiger charge is 2.51. The summed E-state index contributed by atoms with van der Waals surface area (Å²) in [5.74, 6) is -3.58. The molecule has 2 aromatic carbocycles. The first kappa shape index (κ1) is 26.7. The van der Waals surface area contributed by atoms with Gasteiger partial charge in [0, 0.05) is 23.1 Å². The van der Waals surface area contributed by atoms with Crippen LogP contribution in [0.15, 0.2) is 41.4 Å². The number of ether oxygens (including phenoxy) is 1. The zero-order valence-corrected chi connectivity index (χ0v) is 22.8. The van der Waals surface area contributed by atoms with E-state index in [4.69, 9.17) is 15.5 Å². The first-order valence-electron chi connectivity index (χ1n) is 13.8. The van der Waals surface area contributed by atoms with E-state index in [0.29, 0.717) is 37.0 Å². The van der Waals surface area contributed by atoms with Gasteiger partial charge in [-0.3, -0.25) is 14.5 Å². The maximum atomic E-state index is 15.2. The van der Waals surface area contributed by atoms with Gasteiger partial charge in [0.05, 0.1) is 24.0 Å². The van der Waals surface area contributed by atoms with Crippen LogP contribution in [-0.2, 0) is 17.1 Å². The Morgan fingerprint density at radius 3 is 2.67 bits per heavy atom. The second-order valence-corrected chi connectivity index (χ2v) is 12.0. The van der Waals surface area contributed by atoms with Gasteiger partial charge >= 0.3 is 0 Å². The van der Waals surface area contributed by atoms with Crippen molar-refractivity contribution in [2.45, 2.75) is 94.5 Å². The number of aliphatic imine (C=N–C) groups is 1. The summed E-state index contributed by atoms with van der Waals surface area (Å²) in [6.07, 6.45) is 0.906. The molecule has 0 saturated carbocycles. The maximum Gasteiger partial charge on any atom is 0.275 e. The van der Waals surface area contributed by atoms with Crippen LogP contribution in [0.3, 0.4) is 0 Å². The topological polar surface area (TPSA) is 117 Å². The third kappa shape index (κ3) is 4.15. The van der Waals surface area contributed by atoms with E-state index in [1.165, 1.54) is 23.1 Å². The van der Waals surface area contributed by atoms with E-state index in [0.717, 1.165) is 5.56 Å². The highest BCUT2D eigenvalue weighted by Crippen LogP contribution is 2.51. The van der Waals surface area contributed by atoms with Gasteiger partial charge in [0.2, 0.25) is 5.91 Å². The van der Waals surface area contributed by atoms with Crippen molar-refractivity contribution in [3.05, 3.63) is 64.2 Å². The number of hydrogen-bond donors (Lipinski definition) is 3. The zero-order valence-electron chi connectivity index (χ0n) is 22.8. The highest BCUT2D eigenvalue weighted by molar-refractivity contribution is 6.00. The summed E-state index contributed by atoms with van der Waals surface area (Å²) in [6, 6.07) is 7.92. The number of carbonyl (C=O) groups is 2. The summed E-state index contributed by atoms with van der Waals surface area (Å²) in [5.41, 5.74) is 6.39. The molecule has 4 atom stereocenters. The third-order valence-electron chi connectivity index (χ3n) is 9.04. The lowest BCUT2D eigenvalue weighted by molar-refractivity contribution is -0.132. The Kier molecular flexibility index (Phi) is 6.00. The molecular formula is C30H34F2N4O4. The van der Waals surface area contributed by atoms with E-state index >= 15 is 8.78 Å². The molecule has 1 aliphatic carbocycles. The van der Waals surface area contributed by atoms with Crippen molar-refractivity contribution in [2.75, 3.05) is 0 Å². The predicted octanol–water partition coefficient (Wildman–Crippen LogP) is 4.26. The molecule has 0 fully saturated rings. The Morgan fingerprint density at radius 2 is 1.95 bits per heavy atom. The lowest BCUT2D eigenvalue weighted by Crippen LogP contribution is -2.53. The number of alkyl halides is 2. The van der Waals surface area contributed by atoms with Crippen LogP contribution in [0.4, 0.5) is 8.78 Å². The van der Waals surface area contributed by atoms with Gasteiger partial charge in [-0.1, -0.05) is 19.1 Å². The van der Waals surface area contributed by atoms with E-state index in [9.17, 15) is 14.7 Å². The Labute approximate surface area is 231 Å². The molecule has 4 N–H and O–H groups in total. The number of guanidine groups is 1. The number of aliphatic hydroxyl groups excluding tert-OH is 1. The van der Waals surface area contributed by atoms with E-state index < -0.39 is 47.6 Å². The standard InChI is InChI=1S/C30H34F2N4O4/c1-4-29-11-5-6-16-7-10-22-19(12-16)24(25(38)28(2,3)40-22)34-26(39)17-8-9-20-18(13-17)21(14-30(20,31)32)36(23(37)15-29)27(33)35-29/h7-10,12-13,21,24-25,38H,4-6,11,14-15H2,1-3H3,(H2,33,35)(H,34,39)/t21-,24-,25+,29?/m1/s1. The second-order valence-electron chi connectivity index (χ2n) is 12.0. The third-order valence-corrected chi connectivity index (χ3v) is 9.04. The zero-order chi connectivity index (χ0) is 28.6. The molecule has 40 heavy (non-hydrogen) atoms. The Morgan fingerprint density at radius 1 is 1.18 bits per heavy atom. The number of rotatable bonds is 1. The molecule has 8 nitrogen and oxygen atoms in total. The summed E-state index contributed by atoms with van der Waals surface area (Å²) >= 11 is 0. The summed E-state index contributed by atoms with van der Waals surface area (Å²) in [6.45, 7) is 5.46. The van der Waals surface area contributed by atoms with Crippen LogP contribution in [-0.4, -0.2) is 45.0 Å². The van der Waals surface area contributed by atoms with Crippen molar-refractivity contribution < 1.29 is 28.2 Å². The molecule has 4 aliphatic heterocycles. The summed E-state index contributed by atoms with van der Waals surface area (Å²) in [7, 11) is 0. The number of halogens is 2. The van der Waals surface area contributed by atoms with Gasteiger partial charge in [-0.25, -0.2) is 13.8 Å². The lowest BCUT2D eigenvalue weighted by atomic mass is 9.83. The lowest BCUT2D eigenvalue weighted by Gasteiger charge is -2.42. The van der Waals surface area contributed by atoms with E-state index in [-0.39, 0.29) is 35.0 Å². The van der Waals surface area contributed by atoms with Crippen LogP contribution in [0.25, 0.3) is 0 Å². The van der Waals surface area contributed by atoms with Gasteiger partial charge in [-0.15, -0.1) is 0 Å². The van der Waals surface area contributed by atoms with Crippen LogP contribution < -0.4 is 15.8 Å². The normalized spacial score (nSPS) is 30.3. The molecule has 5 aliphatic rings. The molecule has 4 heterocycles. The predicted molar refractivity (Wildman–Crippen MR) is 144 cm³/mol. The molecular weight excluding hydrogens is 518 g/mol. The first-order chi connectivity index (χ1) is 18.8. The average molecular weight is 553 g/mol. The summed E-state index contributed by atoms with van der Waals surface area (Å²) in [4.78, 5) is 33.0. The average Bonchev–Trinajstić information content (AvgIpc) is 3.15. The number of nitrogens with zero attached hydrogens (tertiary/aromatic N) is 2. The minimum absolute atomic E-state index is 0.0639. The largest absolute Gasteiger partial charge is 0.485 e. The van der Waals surface area contributed by atoms with Crippen LogP contribution in [0, 0.1) is 0 Å². The first-order valence-corrected chi connectivity index (χ1v) is 13.8. The van der Waals surface area contributed by atoms with Crippen LogP contribution in [0.2, 0.25) is 0 Å². The summed E-state index contributed by atoms with van der Waals surface area (Å²) in [5, 5.41) is 14.2. The van der Waals surface area contributed by atoms with Crippen molar-refractivity contribution in [1.82, 2.24) is 10.2 Å². The minimum Gasteiger partial charge on any atom is -0.485 e. The number of hydrogen-bond acceptors (Lipinski definition) is 6. The molecule has 0 aromatic heterocycles. The minimum atomic E-state index is -3.20. The van der Waals surface area contributed by atoms with E-state index in [2.05, 4.69) is 5.32 Å². The Bertz CT molecular complexity index is 1440. The van der Waals surface area contributed by atoms with Crippen LogP contribution >= 0.6 is 0 Å². The molecule has 7 rings (SSSR count). The van der Waals surface area contributed by atoms with Crippen molar-refractivity contribution in [1.29, 1.82) is 0 Å². The summed E-state index contributed by atoms with van der Waals surface area (Å²) < 4.78 is 36.5. The van der Waals surface area contributed by atoms with Gasteiger partial charge in [-0.2, -0.15) is 0 Å². The molecule has 10 heteroatoms. The van der Waals surface area contributed by atoms with Crippen molar-refractivity contribution in [3.8, 4) is 5.75 Å². The fraction of sp³-hybridized carbons (Fsp3) is 0.500. The number of nitrogens with one attached hydrogen (secondary N) is 1. The highest BCUT2D eigenvalue weighted by atomic mass is 19.3. The van der Waals surface area contributed by atoms with E-state index in [1.807, 2.05) is 25.1 Å². The van der Waals surface area contributed by atoms with Gasteiger partial charge < -0.3 is 20.9 Å². The number of carbonyl (C=O) groups excluding carboxylic acids is 2.